The fourth-order valence-corrected chi connectivity index (χ4v) is 1.84. The molecule has 1 rings (SSSR count). The van der Waals surface area contributed by atoms with Gasteiger partial charge < -0.3 is 20.5 Å². The molecule has 21 heavy (non-hydrogen) atoms. The van der Waals surface area contributed by atoms with E-state index in [1.54, 1.807) is 13.8 Å². The number of urea groups is 1. The molecule has 2 atom stereocenters. The van der Waals surface area contributed by atoms with Crippen molar-refractivity contribution in [3.8, 4) is 0 Å². The van der Waals surface area contributed by atoms with Crippen molar-refractivity contribution in [3.63, 3.8) is 0 Å². The number of imide groups is 1. The van der Waals surface area contributed by atoms with Crippen LogP contribution < -0.4 is 10.6 Å². The molecular formula is C12H19N3O6. The van der Waals surface area contributed by atoms with Gasteiger partial charge in [-0.3, -0.25) is 14.5 Å². The van der Waals surface area contributed by atoms with Crippen molar-refractivity contribution in [2.75, 3.05) is 20.3 Å². The highest BCUT2D eigenvalue weighted by Gasteiger charge is 2.47. The van der Waals surface area contributed by atoms with E-state index in [4.69, 9.17) is 5.11 Å². The summed E-state index contributed by atoms with van der Waals surface area (Å²) in [6.07, 6.45) is 0.386. The van der Waals surface area contributed by atoms with Crippen molar-refractivity contribution in [2.45, 2.75) is 31.8 Å². The summed E-state index contributed by atoms with van der Waals surface area (Å²) in [6, 6.07) is -1.90. The third-order valence-corrected chi connectivity index (χ3v) is 3.36. The molecule has 0 saturated carbocycles. The van der Waals surface area contributed by atoms with E-state index in [0.717, 1.165) is 12.0 Å². The molecule has 0 aromatic heterocycles. The van der Waals surface area contributed by atoms with Crippen LogP contribution >= 0.6 is 0 Å². The molecule has 0 radical (unpaired) electrons. The molecule has 0 aromatic rings. The summed E-state index contributed by atoms with van der Waals surface area (Å²) in [5, 5.41) is 13.7. The van der Waals surface area contributed by atoms with Crippen LogP contribution in [0.3, 0.4) is 0 Å². The van der Waals surface area contributed by atoms with Crippen molar-refractivity contribution < 1.29 is 29.0 Å². The van der Waals surface area contributed by atoms with E-state index in [1.807, 2.05) is 0 Å². The minimum Gasteiger partial charge on any atom is -0.467 e. The monoisotopic (exact) mass is 301 g/mol. The second kappa shape index (κ2) is 6.53. The van der Waals surface area contributed by atoms with Crippen molar-refractivity contribution in [3.05, 3.63) is 0 Å². The average molecular weight is 301 g/mol. The van der Waals surface area contributed by atoms with Crippen LogP contribution in [0.2, 0.25) is 0 Å². The van der Waals surface area contributed by atoms with E-state index in [2.05, 4.69) is 15.4 Å². The minimum atomic E-state index is -1.24. The smallest absolute Gasteiger partial charge is 0.330 e. The standard InChI is InChI=1S/C12H19N3O6/c1-4-12(2)10(19)15(11(20)14-12)5-8(17)13-7(6-16)9(18)21-3/h7,16H,4-6H2,1-3H3,(H,13,17)(H,14,20). The predicted octanol–water partition coefficient (Wildman–Crippen LogP) is -1.64. The van der Waals surface area contributed by atoms with Crippen LogP contribution in [-0.4, -0.2) is 65.7 Å². The number of nitrogens with one attached hydrogen (secondary N) is 2. The Morgan fingerprint density at radius 3 is 2.52 bits per heavy atom. The Labute approximate surface area is 121 Å². The lowest BCUT2D eigenvalue weighted by atomic mass is 9.99. The van der Waals surface area contributed by atoms with Crippen LogP contribution in [0.25, 0.3) is 0 Å². The number of carbonyl (C=O) groups is 4. The summed E-state index contributed by atoms with van der Waals surface area (Å²) in [7, 11) is 1.11. The second-order valence-electron chi connectivity index (χ2n) is 4.83. The molecule has 1 aliphatic heterocycles. The van der Waals surface area contributed by atoms with Crippen molar-refractivity contribution in [1.29, 1.82) is 0 Å². The van der Waals surface area contributed by atoms with Crippen LogP contribution in [0.1, 0.15) is 20.3 Å². The number of methoxy groups -OCH3 is 1. The van der Waals surface area contributed by atoms with Crippen molar-refractivity contribution >= 4 is 23.8 Å². The minimum absolute atomic E-state index is 0.386. The maximum atomic E-state index is 12.1. The van der Waals surface area contributed by atoms with Gasteiger partial charge in [-0.1, -0.05) is 6.92 Å². The highest BCUT2D eigenvalue weighted by molar-refractivity contribution is 6.08. The van der Waals surface area contributed by atoms with E-state index in [9.17, 15) is 19.2 Å². The number of ether oxygens (including phenoxy) is 1. The van der Waals surface area contributed by atoms with Crippen LogP contribution in [-0.2, 0) is 19.1 Å². The van der Waals surface area contributed by atoms with Gasteiger partial charge in [-0.25, -0.2) is 9.59 Å². The molecule has 0 bridgehead atoms. The second-order valence-corrected chi connectivity index (χ2v) is 4.83. The lowest BCUT2D eigenvalue weighted by Gasteiger charge is -2.19. The van der Waals surface area contributed by atoms with Gasteiger partial charge in [0, 0.05) is 0 Å². The quantitative estimate of drug-likeness (QED) is 0.399. The van der Waals surface area contributed by atoms with Gasteiger partial charge >= 0.3 is 12.0 Å². The van der Waals surface area contributed by atoms with Crippen molar-refractivity contribution in [1.82, 2.24) is 15.5 Å². The maximum absolute atomic E-state index is 12.1. The molecule has 1 fully saturated rings. The fraction of sp³-hybridized carbons (Fsp3) is 0.667. The number of aliphatic hydroxyl groups is 1. The molecule has 118 valence electrons. The molecule has 0 aliphatic carbocycles. The van der Waals surface area contributed by atoms with Gasteiger partial charge in [0.2, 0.25) is 5.91 Å². The molecule has 0 spiro atoms. The van der Waals surface area contributed by atoms with E-state index in [-0.39, 0.29) is 0 Å². The van der Waals surface area contributed by atoms with E-state index < -0.39 is 48.5 Å². The Morgan fingerprint density at radius 2 is 2.10 bits per heavy atom. The lowest BCUT2D eigenvalue weighted by molar-refractivity contribution is -0.146. The number of carbonyl (C=O) groups excluding carboxylic acids is 4. The Kier molecular flexibility index (Phi) is 5.25. The van der Waals surface area contributed by atoms with E-state index in [0.29, 0.717) is 6.42 Å². The molecular weight excluding hydrogens is 282 g/mol. The summed E-state index contributed by atoms with van der Waals surface area (Å²) in [5.74, 6) is -2.08. The summed E-state index contributed by atoms with van der Waals surface area (Å²) in [4.78, 5) is 47.6. The Morgan fingerprint density at radius 1 is 1.48 bits per heavy atom. The number of nitrogens with zero attached hydrogens (tertiary/aromatic N) is 1. The first-order valence-electron chi connectivity index (χ1n) is 6.41. The number of rotatable bonds is 6. The van der Waals surface area contributed by atoms with Gasteiger partial charge in [-0.15, -0.1) is 0 Å². The third-order valence-electron chi connectivity index (χ3n) is 3.36. The van der Waals surface area contributed by atoms with E-state index in [1.165, 1.54) is 0 Å². The molecule has 1 saturated heterocycles. The number of amides is 4. The highest BCUT2D eigenvalue weighted by atomic mass is 16.5. The van der Waals surface area contributed by atoms with Gasteiger partial charge in [0.25, 0.3) is 5.91 Å². The first-order valence-corrected chi connectivity index (χ1v) is 6.41. The third kappa shape index (κ3) is 3.48. The molecule has 1 aliphatic rings. The SMILES string of the molecule is CCC1(C)NC(=O)N(CC(=O)NC(CO)C(=O)OC)C1=O. The molecule has 0 aromatic carbocycles. The molecule has 1 heterocycles. The fourth-order valence-electron chi connectivity index (χ4n) is 1.84. The number of hydrogen-bond acceptors (Lipinski definition) is 6. The van der Waals surface area contributed by atoms with Crippen LogP contribution in [0.5, 0.6) is 0 Å². The number of esters is 1. The zero-order valence-corrected chi connectivity index (χ0v) is 12.1. The van der Waals surface area contributed by atoms with Gasteiger partial charge in [-0.2, -0.15) is 0 Å². The zero-order valence-electron chi connectivity index (χ0n) is 12.1. The maximum Gasteiger partial charge on any atom is 0.330 e. The predicted molar refractivity (Wildman–Crippen MR) is 70.0 cm³/mol. The van der Waals surface area contributed by atoms with Gasteiger partial charge in [0.05, 0.1) is 13.7 Å². The largest absolute Gasteiger partial charge is 0.467 e. The molecule has 2 unspecified atom stereocenters. The summed E-state index contributed by atoms with van der Waals surface area (Å²) in [6.45, 7) is 2.12. The summed E-state index contributed by atoms with van der Waals surface area (Å²) >= 11 is 0. The van der Waals surface area contributed by atoms with Crippen LogP contribution in [0.15, 0.2) is 0 Å². The Bertz CT molecular complexity index is 466. The van der Waals surface area contributed by atoms with Crippen LogP contribution in [0.4, 0.5) is 4.79 Å². The lowest BCUT2D eigenvalue weighted by Crippen LogP contribution is -2.49. The van der Waals surface area contributed by atoms with E-state index >= 15 is 0 Å². The normalized spacial score (nSPS) is 22.8. The highest BCUT2D eigenvalue weighted by Crippen LogP contribution is 2.20. The zero-order chi connectivity index (χ0) is 16.2. The summed E-state index contributed by atoms with van der Waals surface area (Å²) < 4.78 is 4.39. The topological polar surface area (TPSA) is 125 Å². The first kappa shape index (κ1) is 16.9. The van der Waals surface area contributed by atoms with Crippen LogP contribution in [0, 0.1) is 0 Å². The molecule has 4 amide bonds. The first-order chi connectivity index (χ1) is 9.78. The average Bonchev–Trinajstić information content (AvgIpc) is 2.68. The molecule has 9 nitrogen and oxygen atoms in total. The van der Waals surface area contributed by atoms with Crippen molar-refractivity contribution in [2.24, 2.45) is 0 Å². The van der Waals surface area contributed by atoms with Gasteiger partial charge in [0.1, 0.15) is 12.1 Å². The molecule has 9 heteroatoms. The Balaban J connectivity index is 2.69. The van der Waals surface area contributed by atoms with Gasteiger partial charge in [0.15, 0.2) is 6.04 Å². The molecule has 3 N–H and O–H groups in total. The van der Waals surface area contributed by atoms with Gasteiger partial charge in [-0.05, 0) is 13.3 Å². The Hall–Kier alpha value is -2.16. The number of aliphatic hydroxyl groups excluding tert-OH is 1. The summed E-state index contributed by atoms with van der Waals surface area (Å²) in [5.41, 5.74) is -1.03. The number of hydrogen-bond donors (Lipinski definition) is 3.